The number of carbonyl (C=O) groups excluding carboxylic acids is 1. The van der Waals surface area contributed by atoms with E-state index < -0.39 is 0 Å². The Labute approximate surface area is 174 Å². The molecule has 1 aliphatic rings. The van der Waals surface area contributed by atoms with Gasteiger partial charge in [0.1, 0.15) is 12.5 Å². The second-order valence-corrected chi connectivity index (χ2v) is 8.21. The van der Waals surface area contributed by atoms with Crippen LogP contribution in [0.15, 0.2) is 41.3 Å². The third-order valence-corrected chi connectivity index (χ3v) is 6.17. The number of nitrogens with zero attached hydrogens (tertiary/aromatic N) is 2. The number of nitrogens with two attached hydrogens (primary N) is 1. The summed E-state index contributed by atoms with van der Waals surface area (Å²) in [5.41, 5.74) is 10.3. The van der Waals surface area contributed by atoms with Crippen LogP contribution in [-0.4, -0.2) is 35.8 Å². The number of rotatable bonds is 5. The number of carbonyl (C=O) groups is 1. The van der Waals surface area contributed by atoms with Gasteiger partial charge < -0.3 is 19.8 Å². The third-order valence-electron chi connectivity index (χ3n) is 5.15. The molecule has 0 saturated heterocycles. The van der Waals surface area contributed by atoms with Crippen molar-refractivity contribution in [3.63, 3.8) is 0 Å². The first-order valence-corrected chi connectivity index (χ1v) is 10.6. The smallest absolute Gasteiger partial charge is 0.340 e. The summed E-state index contributed by atoms with van der Waals surface area (Å²) >= 11 is 1.69. The average Bonchev–Trinajstić information content (AvgIpc) is 2.99. The number of anilines is 1. The van der Waals surface area contributed by atoms with E-state index in [0.29, 0.717) is 42.6 Å². The van der Waals surface area contributed by atoms with Gasteiger partial charge in [0.25, 0.3) is 0 Å². The van der Waals surface area contributed by atoms with Crippen molar-refractivity contribution in [3.05, 3.63) is 53.2 Å². The molecule has 4 rings (SSSR count). The quantitative estimate of drug-likeness (QED) is 0.389. The lowest BCUT2D eigenvalue weighted by molar-refractivity contribution is 0.0527. The van der Waals surface area contributed by atoms with Crippen molar-refractivity contribution in [2.45, 2.75) is 24.1 Å². The lowest BCUT2D eigenvalue weighted by Gasteiger charge is -2.27. The van der Waals surface area contributed by atoms with Crippen molar-refractivity contribution in [3.8, 4) is 5.75 Å². The predicted octanol–water partition coefficient (Wildman–Crippen LogP) is 4.01. The van der Waals surface area contributed by atoms with E-state index in [9.17, 15) is 4.79 Å². The summed E-state index contributed by atoms with van der Waals surface area (Å²) in [6, 6.07) is 12.1. The van der Waals surface area contributed by atoms with Crippen LogP contribution in [0.4, 0.5) is 5.69 Å². The van der Waals surface area contributed by atoms with Crippen molar-refractivity contribution in [2.24, 2.45) is 7.05 Å². The highest BCUT2D eigenvalue weighted by molar-refractivity contribution is 7.98. The number of thioether (sulfide) groups is 1. The van der Waals surface area contributed by atoms with E-state index in [1.54, 1.807) is 11.8 Å². The monoisotopic (exact) mass is 411 g/mol. The van der Waals surface area contributed by atoms with Gasteiger partial charge in [-0.15, -0.1) is 11.8 Å². The third kappa shape index (κ3) is 3.56. The topological polar surface area (TPSA) is 69.7 Å². The number of nitrogen functional groups attached to an aromatic ring is 1. The molecule has 0 unspecified atom stereocenters. The van der Waals surface area contributed by atoms with E-state index in [0.717, 1.165) is 27.1 Å². The molecule has 0 spiro atoms. The SMILES string of the molecule is CCOC(=O)c1c(CSc2ccccc2)n(C)c2cc(N)c3c(c12)CN(C)CO3. The molecule has 6 nitrogen and oxygen atoms in total. The number of hydrogen-bond acceptors (Lipinski definition) is 6. The Balaban J connectivity index is 1.90. The van der Waals surface area contributed by atoms with Gasteiger partial charge >= 0.3 is 5.97 Å². The first kappa shape index (κ1) is 19.7. The van der Waals surface area contributed by atoms with Crippen molar-refractivity contribution in [1.82, 2.24) is 9.47 Å². The first-order valence-electron chi connectivity index (χ1n) is 9.60. The normalized spacial score (nSPS) is 13.9. The van der Waals surface area contributed by atoms with Gasteiger partial charge in [-0.2, -0.15) is 0 Å². The van der Waals surface area contributed by atoms with Crippen molar-refractivity contribution in [2.75, 3.05) is 26.1 Å². The highest BCUT2D eigenvalue weighted by Crippen LogP contribution is 2.42. The highest BCUT2D eigenvalue weighted by atomic mass is 32.2. The van der Waals surface area contributed by atoms with Gasteiger partial charge in [0, 0.05) is 40.9 Å². The van der Waals surface area contributed by atoms with E-state index in [1.165, 1.54) is 0 Å². The minimum absolute atomic E-state index is 0.304. The van der Waals surface area contributed by atoms with Gasteiger partial charge in [0.2, 0.25) is 0 Å². The molecule has 0 saturated carbocycles. The number of hydrogen-bond donors (Lipinski definition) is 1. The molecule has 2 N–H and O–H groups in total. The number of fused-ring (bicyclic) bond motifs is 3. The highest BCUT2D eigenvalue weighted by Gasteiger charge is 2.29. The van der Waals surface area contributed by atoms with Crippen molar-refractivity contribution < 1.29 is 14.3 Å². The molecule has 1 aromatic heterocycles. The molecule has 0 fully saturated rings. The van der Waals surface area contributed by atoms with Crippen LogP contribution >= 0.6 is 11.8 Å². The standard InChI is InChI=1S/C22H25N3O3S/c1-4-27-22(26)20-18(12-29-14-8-6-5-7-9-14)25(3)17-10-16(23)21-15(19(17)20)11-24(2)13-28-21/h5-10H,4,11-13,23H2,1-3H3. The molecule has 1 aliphatic heterocycles. The van der Waals surface area contributed by atoms with Gasteiger partial charge in [0.05, 0.1) is 23.4 Å². The summed E-state index contributed by atoms with van der Waals surface area (Å²) in [6.07, 6.45) is 0. The second-order valence-electron chi connectivity index (χ2n) is 7.16. The molecule has 0 aliphatic carbocycles. The van der Waals surface area contributed by atoms with Crippen LogP contribution in [-0.2, 0) is 24.1 Å². The summed E-state index contributed by atoms with van der Waals surface area (Å²) < 4.78 is 13.4. The molecule has 2 heterocycles. The molecular weight excluding hydrogens is 386 g/mol. The maximum absolute atomic E-state index is 13.0. The van der Waals surface area contributed by atoms with Gasteiger partial charge in [-0.25, -0.2) is 4.79 Å². The fourth-order valence-electron chi connectivity index (χ4n) is 3.80. The van der Waals surface area contributed by atoms with Crippen LogP contribution in [0, 0.1) is 0 Å². The number of ether oxygens (including phenoxy) is 2. The Morgan fingerprint density at radius 3 is 2.76 bits per heavy atom. The number of benzene rings is 2. The lowest BCUT2D eigenvalue weighted by atomic mass is 10.0. The largest absolute Gasteiger partial charge is 0.476 e. The Kier molecular flexibility index (Phi) is 5.43. The van der Waals surface area contributed by atoms with Crippen molar-refractivity contribution in [1.29, 1.82) is 0 Å². The van der Waals surface area contributed by atoms with Crippen LogP contribution in [0.3, 0.4) is 0 Å². The number of esters is 1. The fourth-order valence-corrected chi connectivity index (χ4v) is 4.79. The Hall–Kier alpha value is -2.64. The van der Waals surface area contributed by atoms with Crippen LogP contribution in [0.2, 0.25) is 0 Å². The molecule has 2 aromatic carbocycles. The summed E-state index contributed by atoms with van der Waals surface area (Å²) in [7, 11) is 3.96. The number of aryl methyl sites for hydroxylation is 1. The van der Waals surface area contributed by atoms with E-state index in [1.807, 2.05) is 45.3 Å². The van der Waals surface area contributed by atoms with Gasteiger partial charge in [0.15, 0.2) is 0 Å². The van der Waals surface area contributed by atoms with Gasteiger partial charge in [-0.3, -0.25) is 4.90 Å². The maximum atomic E-state index is 13.0. The zero-order valence-electron chi connectivity index (χ0n) is 16.9. The van der Waals surface area contributed by atoms with E-state index in [-0.39, 0.29) is 5.97 Å². The van der Waals surface area contributed by atoms with Gasteiger partial charge in [-0.05, 0) is 32.2 Å². The molecule has 0 atom stereocenters. The zero-order chi connectivity index (χ0) is 20.5. The Morgan fingerprint density at radius 2 is 2.03 bits per heavy atom. The Bertz CT molecular complexity index is 1060. The molecule has 7 heteroatoms. The molecule has 0 radical (unpaired) electrons. The summed E-state index contributed by atoms with van der Waals surface area (Å²) in [5, 5.41) is 0.880. The summed E-state index contributed by atoms with van der Waals surface area (Å²) in [6.45, 7) is 3.29. The van der Waals surface area contributed by atoms with Crippen molar-refractivity contribution >= 4 is 34.3 Å². The molecule has 0 amide bonds. The minimum atomic E-state index is -0.304. The molecule has 0 bridgehead atoms. The van der Waals surface area contributed by atoms with E-state index >= 15 is 0 Å². The van der Waals surface area contributed by atoms with E-state index in [4.69, 9.17) is 15.2 Å². The minimum Gasteiger partial charge on any atom is -0.476 e. The first-order chi connectivity index (χ1) is 14.0. The van der Waals surface area contributed by atoms with Crippen LogP contribution < -0.4 is 10.5 Å². The lowest BCUT2D eigenvalue weighted by Crippen LogP contribution is -2.29. The average molecular weight is 412 g/mol. The fraction of sp³-hybridized carbons (Fsp3) is 0.318. The van der Waals surface area contributed by atoms with Crippen LogP contribution in [0.5, 0.6) is 5.75 Å². The maximum Gasteiger partial charge on any atom is 0.340 e. The van der Waals surface area contributed by atoms with E-state index in [2.05, 4.69) is 21.6 Å². The van der Waals surface area contributed by atoms with Gasteiger partial charge in [-0.1, -0.05) is 18.2 Å². The molecule has 29 heavy (non-hydrogen) atoms. The second kappa shape index (κ2) is 8.00. The van der Waals surface area contributed by atoms with Crippen LogP contribution in [0.25, 0.3) is 10.9 Å². The zero-order valence-corrected chi connectivity index (χ0v) is 17.7. The Morgan fingerprint density at radius 1 is 1.28 bits per heavy atom. The molecule has 3 aromatic rings. The summed E-state index contributed by atoms with van der Waals surface area (Å²) in [4.78, 5) is 16.2. The number of aromatic nitrogens is 1. The summed E-state index contributed by atoms with van der Waals surface area (Å²) in [5.74, 6) is 1.02. The predicted molar refractivity (Wildman–Crippen MR) is 116 cm³/mol. The van der Waals surface area contributed by atoms with Crippen LogP contribution in [0.1, 0.15) is 28.5 Å². The molecule has 152 valence electrons. The molecular formula is C22H25N3O3S.